The molecule has 0 unspecified atom stereocenters. The zero-order valence-corrected chi connectivity index (χ0v) is 43.2. The van der Waals surface area contributed by atoms with E-state index in [0.29, 0.717) is 5.56 Å². The second-order valence-corrected chi connectivity index (χ2v) is 20.3. The molecule has 0 bridgehead atoms. The first-order valence-corrected chi connectivity index (χ1v) is 23.5. The third kappa shape index (κ3) is 10.1. The van der Waals surface area contributed by atoms with Gasteiger partial charge in [0.25, 0.3) is 0 Å². The molecular weight excluding hydrogens is 1010 g/mol. The number of imidazole rings is 1. The number of aromatic nitrogens is 3. The Morgan fingerprint density at radius 1 is 0.632 bits per heavy atom. The quantitative estimate of drug-likeness (QED) is 0.142. The van der Waals surface area contributed by atoms with E-state index in [1.807, 2.05) is 81.6 Å². The molecule has 10 aromatic rings. The molecule has 10 rings (SSSR count). The summed E-state index contributed by atoms with van der Waals surface area (Å²) in [5.74, 6) is 1.20. The SMILES string of the molecule is CC(C)(C)c1ccnc(-c2[c-]cccc2)c1.[2H]C([2H])(c1ccc(-c2cc(C(C)C)c(-n3c(-c4[c-]ccc5c4oc4cc(-c6ccccc6)ccc45)nc4ccccc43)c(C(C)C)c2)cc1)C(C)(C)C.[Ir]. The molecule has 345 valence electrons. The Balaban J connectivity index is 0.000000329. The van der Waals surface area contributed by atoms with Gasteiger partial charge < -0.3 is 14.0 Å². The summed E-state index contributed by atoms with van der Waals surface area (Å²) in [6.45, 7) is 21.5. The number of para-hydroxylation sites is 2. The van der Waals surface area contributed by atoms with E-state index in [1.165, 1.54) is 16.7 Å². The number of rotatable bonds is 8. The molecule has 0 aliphatic heterocycles. The average molecular weight is 1070 g/mol. The van der Waals surface area contributed by atoms with Gasteiger partial charge in [0.1, 0.15) is 5.58 Å². The summed E-state index contributed by atoms with van der Waals surface area (Å²) < 4.78 is 26.7. The van der Waals surface area contributed by atoms with Crippen LogP contribution in [0.5, 0.6) is 0 Å². The Bertz CT molecular complexity index is 3400. The molecule has 0 spiro atoms. The smallest absolute Gasteiger partial charge is 0.121 e. The van der Waals surface area contributed by atoms with E-state index < -0.39 is 11.8 Å². The second kappa shape index (κ2) is 19.7. The van der Waals surface area contributed by atoms with Crippen molar-refractivity contribution in [3.8, 4) is 50.6 Å². The van der Waals surface area contributed by atoms with Crippen molar-refractivity contribution in [2.24, 2.45) is 5.41 Å². The monoisotopic (exact) mass is 1070 g/mol. The van der Waals surface area contributed by atoms with Gasteiger partial charge in [0.2, 0.25) is 0 Å². The largest absolute Gasteiger partial charge is 0.501 e. The van der Waals surface area contributed by atoms with Gasteiger partial charge in [0.05, 0.1) is 22.4 Å². The fourth-order valence-corrected chi connectivity index (χ4v) is 8.90. The van der Waals surface area contributed by atoms with Crippen molar-refractivity contribution in [2.75, 3.05) is 0 Å². The molecule has 3 aromatic heterocycles. The predicted molar refractivity (Wildman–Crippen MR) is 282 cm³/mol. The zero-order valence-electron chi connectivity index (χ0n) is 42.8. The van der Waals surface area contributed by atoms with E-state index in [4.69, 9.17) is 12.1 Å². The van der Waals surface area contributed by atoms with Crippen molar-refractivity contribution >= 4 is 33.0 Å². The van der Waals surface area contributed by atoms with Gasteiger partial charge >= 0.3 is 0 Å². The summed E-state index contributed by atoms with van der Waals surface area (Å²) >= 11 is 0. The van der Waals surface area contributed by atoms with Crippen molar-refractivity contribution in [3.63, 3.8) is 0 Å². The molecule has 0 amide bonds. The van der Waals surface area contributed by atoms with Gasteiger partial charge in [-0.2, -0.15) is 0 Å². The number of furan rings is 1. The van der Waals surface area contributed by atoms with Crippen molar-refractivity contribution in [3.05, 3.63) is 198 Å². The van der Waals surface area contributed by atoms with Crippen LogP contribution in [0.15, 0.2) is 168 Å². The maximum Gasteiger partial charge on any atom is 0.121 e. The zero-order chi connectivity index (χ0) is 48.8. The van der Waals surface area contributed by atoms with E-state index in [9.17, 15) is 0 Å². The van der Waals surface area contributed by atoms with Crippen LogP contribution in [-0.4, -0.2) is 14.5 Å². The maximum atomic E-state index is 8.82. The third-order valence-corrected chi connectivity index (χ3v) is 12.3. The van der Waals surface area contributed by atoms with Crippen molar-refractivity contribution in [2.45, 2.75) is 92.9 Å². The number of benzene rings is 7. The van der Waals surface area contributed by atoms with Gasteiger partial charge in [-0.15, -0.1) is 54.1 Å². The number of hydrogen-bond acceptors (Lipinski definition) is 3. The van der Waals surface area contributed by atoms with Gasteiger partial charge in [0.15, 0.2) is 0 Å². The first-order chi connectivity index (χ1) is 32.9. The molecular formula is C63H61IrN3O-2. The topological polar surface area (TPSA) is 43.9 Å². The van der Waals surface area contributed by atoms with Crippen LogP contribution in [0.25, 0.3) is 83.6 Å². The average Bonchev–Trinajstić information content (AvgIpc) is 3.92. The van der Waals surface area contributed by atoms with Crippen molar-refractivity contribution in [1.82, 2.24) is 14.5 Å². The molecule has 68 heavy (non-hydrogen) atoms. The van der Waals surface area contributed by atoms with Crippen LogP contribution < -0.4 is 0 Å². The van der Waals surface area contributed by atoms with Crippen LogP contribution in [0.1, 0.15) is 106 Å². The summed E-state index contributed by atoms with van der Waals surface area (Å²) in [6.07, 6.45) is 0.418. The predicted octanol–water partition coefficient (Wildman–Crippen LogP) is 17.4. The maximum absolute atomic E-state index is 8.82. The molecule has 0 saturated carbocycles. The molecule has 4 nitrogen and oxygen atoms in total. The number of pyridine rings is 1. The number of nitrogens with zero attached hydrogens (tertiary/aromatic N) is 3. The van der Waals surface area contributed by atoms with Gasteiger partial charge in [-0.1, -0.05) is 165 Å². The van der Waals surface area contributed by atoms with E-state index in [0.717, 1.165) is 83.6 Å². The summed E-state index contributed by atoms with van der Waals surface area (Å²) in [7, 11) is 0. The van der Waals surface area contributed by atoms with Crippen molar-refractivity contribution < 1.29 is 27.3 Å². The fourth-order valence-electron chi connectivity index (χ4n) is 8.90. The molecule has 3 heterocycles. The normalized spacial score (nSPS) is 12.5. The third-order valence-electron chi connectivity index (χ3n) is 12.3. The van der Waals surface area contributed by atoms with E-state index in [2.05, 4.69) is 173 Å². The molecule has 1 radical (unpaired) electrons. The van der Waals surface area contributed by atoms with Gasteiger partial charge in [-0.25, -0.2) is 0 Å². The van der Waals surface area contributed by atoms with Crippen LogP contribution in [0.4, 0.5) is 0 Å². The fraction of sp³-hybridized carbons (Fsp3) is 0.238. The van der Waals surface area contributed by atoms with Crippen LogP contribution in [-0.2, 0) is 31.9 Å². The van der Waals surface area contributed by atoms with E-state index >= 15 is 0 Å². The molecule has 7 aromatic carbocycles. The Labute approximate surface area is 419 Å². The summed E-state index contributed by atoms with van der Waals surface area (Å²) in [4.78, 5) is 9.71. The molecule has 0 fully saturated rings. The van der Waals surface area contributed by atoms with Crippen LogP contribution in [0.3, 0.4) is 0 Å². The summed E-state index contributed by atoms with van der Waals surface area (Å²) in [6, 6.07) is 60.9. The molecule has 5 heteroatoms. The second-order valence-electron chi connectivity index (χ2n) is 20.3. The minimum atomic E-state index is -1.45. The van der Waals surface area contributed by atoms with Crippen molar-refractivity contribution in [1.29, 1.82) is 0 Å². The molecule has 0 atom stereocenters. The first kappa shape index (κ1) is 45.4. The van der Waals surface area contributed by atoms with Gasteiger partial charge in [0, 0.05) is 40.1 Å². The number of fused-ring (bicyclic) bond motifs is 4. The van der Waals surface area contributed by atoms with Crippen LogP contribution in [0, 0.1) is 17.5 Å². The molecule has 0 N–H and O–H groups in total. The van der Waals surface area contributed by atoms with Gasteiger partial charge in [-0.05, 0) is 116 Å². The van der Waals surface area contributed by atoms with Crippen LogP contribution >= 0.6 is 0 Å². The molecule has 0 aliphatic rings. The van der Waals surface area contributed by atoms with E-state index in [1.54, 1.807) is 0 Å². The minimum Gasteiger partial charge on any atom is -0.501 e. The van der Waals surface area contributed by atoms with Gasteiger partial charge in [-0.3, -0.25) is 4.98 Å². The minimum absolute atomic E-state index is 0. The Kier molecular flexibility index (Phi) is 13.1. The van der Waals surface area contributed by atoms with Crippen LogP contribution in [0.2, 0.25) is 0 Å². The number of hydrogen-bond donors (Lipinski definition) is 0. The Morgan fingerprint density at radius 2 is 1.29 bits per heavy atom. The summed E-state index contributed by atoms with van der Waals surface area (Å²) in [5, 5.41) is 2.10. The molecule has 0 saturated heterocycles. The Morgan fingerprint density at radius 3 is 1.96 bits per heavy atom. The first-order valence-electron chi connectivity index (χ1n) is 24.5. The summed E-state index contributed by atoms with van der Waals surface area (Å²) in [5.41, 5.74) is 16.1. The van der Waals surface area contributed by atoms with E-state index in [-0.39, 0.29) is 37.4 Å². The Hall–Kier alpha value is -6.39. The standard InChI is InChI=1S/C48H45N2O.C15H16N.Ir/c1-30(2)40-26-36(34-22-20-32(21-23-34)29-48(5,6)7)27-41(31(3)4)45(40)50-43-19-12-11-18-42(43)49-47(50)39-17-13-16-38-37-25-24-35(28-44(37)51-46(38)39)33-14-9-8-10-15-33;1-15(2,3)13-9-10-16-14(11-13)12-7-5-4-6-8-12;/h8-16,18-28,30-31H,29H2,1-7H3;4-7,9-11H,1-3H3;/q2*-1;/i29D2;;. The molecule has 0 aliphatic carbocycles.